The van der Waals surface area contributed by atoms with Crippen molar-refractivity contribution in [1.29, 1.82) is 0 Å². The molecule has 0 aliphatic carbocycles. The number of hydrogen-bond acceptors (Lipinski definition) is 5. The fourth-order valence-electron chi connectivity index (χ4n) is 3.45. The Balaban J connectivity index is 1.52. The number of rotatable bonds is 4. The van der Waals surface area contributed by atoms with E-state index < -0.39 is 0 Å². The van der Waals surface area contributed by atoms with Gasteiger partial charge in [-0.3, -0.25) is 5.10 Å². The molecule has 0 spiro atoms. The number of aromatic amines is 1. The Bertz CT molecular complexity index is 825. The summed E-state index contributed by atoms with van der Waals surface area (Å²) in [5.74, 6) is 2.14. The molecule has 2 aromatic heterocycles. The summed E-state index contributed by atoms with van der Waals surface area (Å²) >= 11 is 0. The van der Waals surface area contributed by atoms with Crippen molar-refractivity contribution in [3.8, 4) is 16.9 Å². The van der Waals surface area contributed by atoms with Gasteiger partial charge in [-0.2, -0.15) is 5.10 Å². The first-order valence-electron chi connectivity index (χ1n) is 8.55. The standard InChI is InChI=1S/C19H21N5O/c1-25-16-5-2-4-15(12-16)17-13-22-23-18(17)14-6-10-24(11-7-14)19-20-8-3-9-21-19/h2-5,8-9,12-14H,6-7,10-11H2,1H3,(H,22,23). The second kappa shape index (κ2) is 6.93. The van der Waals surface area contributed by atoms with Crippen molar-refractivity contribution in [2.45, 2.75) is 18.8 Å². The topological polar surface area (TPSA) is 66.9 Å². The fraction of sp³-hybridized carbons (Fsp3) is 0.316. The van der Waals surface area contributed by atoms with E-state index in [1.807, 2.05) is 24.4 Å². The average Bonchev–Trinajstić information content (AvgIpc) is 3.19. The van der Waals surface area contributed by atoms with Gasteiger partial charge in [0.2, 0.25) is 5.95 Å². The number of nitrogens with zero attached hydrogens (tertiary/aromatic N) is 4. The lowest BCUT2D eigenvalue weighted by atomic mass is 9.89. The molecule has 1 aromatic carbocycles. The number of methoxy groups -OCH3 is 1. The number of aromatic nitrogens is 4. The van der Waals surface area contributed by atoms with E-state index in [0.717, 1.165) is 48.8 Å². The molecule has 6 heteroatoms. The molecule has 4 rings (SSSR count). The van der Waals surface area contributed by atoms with Crippen LogP contribution in [-0.4, -0.2) is 40.4 Å². The minimum Gasteiger partial charge on any atom is -0.497 e. The van der Waals surface area contributed by atoms with Crippen molar-refractivity contribution in [1.82, 2.24) is 20.2 Å². The van der Waals surface area contributed by atoms with Gasteiger partial charge in [0.25, 0.3) is 0 Å². The predicted molar refractivity (Wildman–Crippen MR) is 96.8 cm³/mol. The van der Waals surface area contributed by atoms with E-state index in [1.165, 1.54) is 5.69 Å². The van der Waals surface area contributed by atoms with Crippen molar-refractivity contribution >= 4 is 5.95 Å². The third kappa shape index (κ3) is 3.20. The van der Waals surface area contributed by atoms with Crippen LogP contribution in [0.15, 0.2) is 48.9 Å². The van der Waals surface area contributed by atoms with Gasteiger partial charge < -0.3 is 9.64 Å². The van der Waals surface area contributed by atoms with Crippen molar-refractivity contribution < 1.29 is 4.74 Å². The van der Waals surface area contributed by atoms with Crippen LogP contribution in [-0.2, 0) is 0 Å². The summed E-state index contributed by atoms with van der Waals surface area (Å²) in [6.45, 7) is 1.90. The third-order valence-corrected chi connectivity index (χ3v) is 4.79. The Morgan fingerprint density at radius 3 is 2.68 bits per heavy atom. The van der Waals surface area contributed by atoms with Gasteiger partial charge in [-0.25, -0.2) is 9.97 Å². The van der Waals surface area contributed by atoms with E-state index in [2.05, 4.69) is 37.2 Å². The first kappa shape index (κ1) is 15.6. The summed E-state index contributed by atoms with van der Waals surface area (Å²) in [6.07, 6.45) is 7.61. The highest BCUT2D eigenvalue weighted by atomic mass is 16.5. The van der Waals surface area contributed by atoms with Crippen LogP contribution < -0.4 is 9.64 Å². The van der Waals surface area contributed by atoms with Gasteiger partial charge in [0, 0.05) is 42.7 Å². The molecule has 0 amide bonds. The number of nitrogens with one attached hydrogen (secondary N) is 1. The number of piperidine rings is 1. The lowest BCUT2D eigenvalue weighted by molar-refractivity contribution is 0.415. The quantitative estimate of drug-likeness (QED) is 0.793. The van der Waals surface area contributed by atoms with Gasteiger partial charge in [-0.05, 0) is 36.6 Å². The molecule has 25 heavy (non-hydrogen) atoms. The molecule has 1 N–H and O–H groups in total. The number of benzene rings is 1. The highest BCUT2D eigenvalue weighted by Gasteiger charge is 2.25. The van der Waals surface area contributed by atoms with Gasteiger partial charge in [0.1, 0.15) is 5.75 Å². The zero-order valence-electron chi connectivity index (χ0n) is 14.2. The first-order valence-corrected chi connectivity index (χ1v) is 8.55. The molecule has 1 fully saturated rings. The smallest absolute Gasteiger partial charge is 0.225 e. The molecule has 0 unspecified atom stereocenters. The van der Waals surface area contributed by atoms with Crippen molar-refractivity contribution in [3.63, 3.8) is 0 Å². The molecule has 128 valence electrons. The summed E-state index contributed by atoms with van der Waals surface area (Å²) in [5, 5.41) is 7.53. The molecule has 6 nitrogen and oxygen atoms in total. The maximum atomic E-state index is 5.35. The van der Waals surface area contributed by atoms with Crippen LogP contribution in [0.4, 0.5) is 5.95 Å². The molecule has 0 atom stereocenters. The lowest BCUT2D eigenvalue weighted by Gasteiger charge is -2.31. The van der Waals surface area contributed by atoms with Gasteiger partial charge in [-0.1, -0.05) is 12.1 Å². The SMILES string of the molecule is COc1cccc(-c2cn[nH]c2C2CCN(c3ncccn3)CC2)c1. The van der Waals surface area contributed by atoms with E-state index in [1.54, 1.807) is 19.5 Å². The number of hydrogen-bond donors (Lipinski definition) is 1. The van der Waals surface area contributed by atoms with Crippen LogP contribution in [0.1, 0.15) is 24.5 Å². The molecule has 0 radical (unpaired) electrons. The Kier molecular flexibility index (Phi) is 4.33. The summed E-state index contributed by atoms with van der Waals surface area (Å²) in [7, 11) is 1.69. The molecular weight excluding hydrogens is 314 g/mol. The molecule has 1 aliphatic heterocycles. The van der Waals surface area contributed by atoms with Gasteiger partial charge in [0.05, 0.1) is 13.3 Å². The van der Waals surface area contributed by atoms with Crippen molar-refractivity contribution in [3.05, 3.63) is 54.6 Å². The monoisotopic (exact) mass is 335 g/mol. The molecule has 3 heterocycles. The molecule has 1 aliphatic rings. The second-order valence-corrected chi connectivity index (χ2v) is 6.24. The second-order valence-electron chi connectivity index (χ2n) is 6.24. The van der Waals surface area contributed by atoms with Crippen LogP contribution in [0.5, 0.6) is 5.75 Å². The Hall–Kier alpha value is -2.89. The highest BCUT2D eigenvalue weighted by molar-refractivity contribution is 5.67. The van der Waals surface area contributed by atoms with Crippen molar-refractivity contribution in [2.24, 2.45) is 0 Å². The predicted octanol–water partition coefficient (Wildman–Crippen LogP) is 3.26. The van der Waals surface area contributed by atoms with Crippen LogP contribution in [0, 0.1) is 0 Å². The number of anilines is 1. The van der Waals surface area contributed by atoms with Crippen LogP contribution >= 0.6 is 0 Å². The molecule has 3 aromatic rings. The molecule has 0 saturated carbocycles. The van der Waals surface area contributed by atoms with E-state index in [-0.39, 0.29) is 0 Å². The zero-order valence-corrected chi connectivity index (χ0v) is 14.2. The lowest BCUT2D eigenvalue weighted by Crippen LogP contribution is -2.34. The summed E-state index contributed by atoms with van der Waals surface area (Å²) in [6, 6.07) is 9.98. The van der Waals surface area contributed by atoms with Crippen LogP contribution in [0.3, 0.4) is 0 Å². The van der Waals surface area contributed by atoms with E-state index in [0.29, 0.717) is 5.92 Å². The Labute approximate surface area is 146 Å². The maximum absolute atomic E-state index is 5.35. The molecule has 1 saturated heterocycles. The van der Waals surface area contributed by atoms with E-state index >= 15 is 0 Å². The minimum absolute atomic E-state index is 0.462. The van der Waals surface area contributed by atoms with Gasteiger partial charge in [0.15, 0.2) is 0 Å². The summed E-state index contributed by atoms with van der Waals surface area (Å²) in [4.78, 5) is 11.0. The maximum Gasteiger partial charge on any atom is 0.225 e. The zero-order chi connectivity index (χ0) is 17.1. The number of ether oxygens (including phenoxy) is 1. The minimum atomic E-state index is 0.462. The first-order chi connectivity index (χ1) is 12.3. The van der Waals surface area contributed by atoms with Crippen LogP contribution in [0.2, 0.25) is 0 Å². The summed E-state index contributed by atoms with van der Waals surface area (Å²) < 4.78 is 5.35. The number of H-pyrrole nitrogens is 1. The fourth-order valence-corrected chi connectivity index (χ4v) is 3.45. The summed E-state index contributed by atoms with van der Waals surface area (Å²) in [5.41, 5.74) is 3.51. The van der Waals surface area contributed by atoms with E-state index in [9.17, 15) is 0 Å². The third-order valence-electron chi connectivity index (χ3n) is 4.79. The normalized spacial score (nSPS) is 15.3. The average molecular weight is 335 g/mol. The largest absolute Gasteiger partial charge is 0.497 e. The van der Waals surface area contributed by atoms with Crippen molar-refractivity contribution in [2.75, 3.05) is 25.1 Å². The molecular formula is C19H21N5O. The Morgan fingerprint density at radius 2 is 1.92 bits per heavy atom. The Morgan fingerprint density at radius 1 is 1.12 bits per heavy atom. The van der Waals surface area contributed by atoms with Gasteiger partial charge >= 0.3 is 0 Å². The van der Waals surface area contributed by atoms with E-state index in [4.69, 9.17) is 4.74 Å². The highest BCUT2D eigenvalue weighted by Crippen LogP contribution is 2.35. The molecule has 0 bridgehead atoms. The van der Waals surface area contributed by atoms with Gasteiger partial charge in [-0.15, -0.1) is 0 Å². The van der Waals surface area contributed by atoms with Crippen LogP contribution in [0.25, 0.3) is 11.1 Å².